The number of unbranched alkanes of at least 4 members (excludes halogenated alkanes) is 3. The number of para-hydroxylation sites is 2. The molecule has 0 fully saturated rings. The van der Waals surface area contributed by atoms with Crippen molar-refractivity contribution in [1.29, 1.82) is 0 Å². The van der Waals surface area contributed by atoms with Crippen molar-refractivity contribution in [2.45, 2.75) is 39.0 Å². The Hall–Kier alpha value is -2.46. The molecule has 4 nitrogen and oxygen atoms in total. The van der Waals surface area contributed by atoms with Crippen LogP contribution in [0.2, 0.25) is 5.02 Å². The number of nitrogens with one attached hydrogen (secondary N) is 1. The van der Waals surface area contributed by atoms with E-state index >= 15 is 0 Å². The van der Waals surface area contributed by atoms with Gasteiger partial charge in [-0.2, -0.15) is 4.73 Å². The highest BCUT2D eigenvalue weighted by Gasteiger charge is 2.13. The van der Waals surface area contributed by atoms with Gasteiger partial charge in [0.15, 0.2) is 0 Å². The van der Waals surface area contributed by atoms with Gasteiger partial charge in [0, 0.05) is 11.6 Å². The molecule has 1 N–H and O–H groups in total. The molecule has 0 bridgehead atoms. The normalized spacial score (nSPS) is 10.9. The summed E-state index contributed by atoms with van der Waals surface area (Å²) in [6.45, 7) is 2.87. The first kappa shape index (κ1) is 19.3. The summed E-state index contributed by atoms with van der Waals surface area (Å²) >= 11 is 6.12. The average molecular weight is 385 g/mol. The van der Waals surface area contributed by atoms with E-state index in [1.54, 1.807) is 16.9 Å². The van der Waals surface area contributed by atoms with Gasteiger partial charge in [0.2, 0.25) is 5.91 Å². The molecule has 0 radical (unpaired) electrons. The maximum Gasteiger partial charge on any atom is 0.228 e. The van der Waals surface area contributed by atoms with Crippen LogP contribution in [-0.4, -0.2) is 17.2 Å². The van der Waals surface area contributed by atoms with Crippen molar-refractivity contribution in [1.82, 2.24) is 4.73 Å². The standard InChI is InChI=1S/C22H25ClN2O2/c1-2-3-4-9-14-27-25-16-17(18-10-5-8-13-21(18)25)15-22(26)24-20-12-7-6-11-19(20)23/h5-8,10-13,16H,2-4,9,14-15H2,1H3,(H,24,26). The van der Waals surface area contributed by atoms with Crippen molar-refractivity contribution in [3.05, 3.63) is 65.3 Å². The lowest BCUT2D eigenvalue weighted by atomic mass is 10.1. The molecular formula is C22H25ClN2O2. The van der Waals surface area contributed by atoms with Crippen LogP contribution in [0.5, 0.6) is 0 Å². The van der Waals surface area contributed by atoms with E-state index in [9.17, 15) is 4.79 Å². The molecule has 0 aliphatic carbocycles. The second kappa shape index (κ2) is 9.47. The van der Waals surface area contributed by atoms with Crippen LogP contribution in [0, 0.1) is 0 Å². The minimum atomic E-state index is -0.103. The predicted molar refractivity (Wildman–Crippen MR) is 111 cm³/mol. The summed E-state index contributed by atoms with van der Waals surface area (Å²) in [7, 11) is 0. The molecule has 5 heteroatoms. The molecule has 142 valence electrons. The third-order valence-corrected chi connectivity index (χ3v) is 4.82. The molecule has 0 spiro atoms. The molecule has 0 atom stereocenters. The minimum absolute atomic E-state index is 0.103. The second-order valence-corrected chi connectivity index (χ2v) is 7.00. The molecule has 1 amide bonds. The quantitative estimate of drug-likeness (QED) is 0.496. The first-order valence-electron chi connectivity index (χ1n) is 9.45. The third kappa shape index (κ3) is 5.04. The first-order chi connectivity index (χ1) is 13.2. The molecule has 1 heterocycles. The Morgan fingerprint density at radius 3 is 2.67 bits per heavy atom. The zero-order valence-corrected chi connectivity index (χ0v) is 16.3. The summed E-state index contributed by atoms with van der Waals surface area (Å²) in [5.41, 5.74) is 2.54. The van der Waals surface area contributed by atoms with Crippen molar-refractivity contribution in [2.75, 3.05) is 11.9 Å². The number of amides is 1. The molecule has 3 aromatic rings. The Balaban J connectivity index is 1.70. The maximum absolute atomic E-state index is 12.5. The lowest BCUT2D eigenvalue weighted by Gasteiger charge is -2.07. The van der Waals surface area contributed by atoms with E-state index in [1.807, 2.05) is 42.6 Å². The molecular weight excluding hydrogens is 360 g/mol. The van der Waals surface area contributed by atoms with Crippen LogP contribution in [0.15, 0.2) is 54.7 Å². The predicted octanol–water partition coefficient (Wildman–Crippen LogP) is 5.48. The number of hydrogen-bond acceptors (Lipinski definition) is 2. The summed E-state index contributed by atoms with van der Waals surface area (Å²) in [5, 5.41) is 4.44. The van der Waals surface area contributed by atoms with E-state index in [1.165, 1.54) is 19.3 Å². The maximum atomic E-state index is 12.5. The van der Waals surface area contributed by atoms with Gasteiger partial charge in [0.1, 0.15) is 6.61 Å². The monoisotopic (exact) mass is 384 g/mol. The Labute approximate surface area is 165 Å². The molecule has 0 aliphatic rings. The van der Waals surface area contributed by atoms with Crippen molar-refractivity contribution in [3.63, 3.8) is 0 Å². The highest BCUT2D eigenvalue weighted by molar-refractivity contribution is 6.33. The number of carbonyl (C=O) groups is 1. The number of rotatable bonds is 9. The largest absolute Gasteiger partial charge is 0.414 e. The Bertz CT molecular complexity index is 904. The van der Waals surface area contributed by atoms with Crippen LogP contribution in [0.1, 0.15) is 38.2 Å². The van der Waals surface area contributed by atoms with E-state index in [0.29, 0.717) is 17.3 Å². The Morgan fingerprint density at radius 2 is 1.85 bits per heavy atom. The molecule has 0 saturated heterocycles. The molecule has 3 rings (SSSR count). The van der Waals surface area contributed by atoms with Gasteiger partial charge in [0.25, 0.3) is 0 Å². The van der Waals surface area contributed by atoms with Crippen LogP contribution in [-0.2, 0) is 11.2 Å². The fourth-order valence-electron chi connectivity index (χ4n) is 3.09. The van der Waals surface area contributed by atoms with E-state index in [-0.39, 0.29) is 12.3 Å². The molecule has 2 aromatic carbocycles. The van der Waals surface area contributed by atoms with Crippen LogP contribution in [0.25, 0.3) is 10.9 Å². The Kier molecular flexibility index (Phi) is 6.77. The van der Waals surface area contributed by atoms with E-state index in [2.05, 4.69) is 12.2 Å². The summed E-state index contributed by atoms with van der Waals surface area (Å²) in [5.74, 6) is -0.103. The van der Waals surface area contributed by atoms with Crippen LogP contribution < -0.4 is 10.2 Å². The van der Waals surface area contributed by atoms with Crippen LogP contribution in [0.3, 0.4) is 0 Å². The number of anilines is 1. The van der Waals surface area contributed by atoms with Gasteiger partial charge in [-0.15, -0.1) is 0 Å². The highest BCUT2D eigenvalue weighted by Crippen LogP contribution is 2.23. The van der Waals surface area contributed by atoms with E-state index in [4.69, 9.17) is 16.4 Å². The highest BCUT2D eigenvalue weighted by atomic mass is 35.5. The van der Waals surface area contributed by atoms with Gasteiger partial charge < -0.3 is 10.2 Å². The number of benzene rings is 2. The number of fused-ring (bicyclic) bond motifs is 1. The lowest BCUT2D eigenvalue weighted by molar-refractivity contribution is -0.115. The summed E-state index contributed by atoms with van der Waals surface area (Å²) in [6, 6.07) is 15.2. The summed E-state index contributed by atoms with van der Waals surface area (Å²) in [4.78, 5) is 18.4. The van der Waals surface area contributed by atoms with Gasteiger partial charge in [0.05, 0.1) is 22.6 Å². The van der Waals surface area contributed by atoms with Crippen LogP contribution in [0.4, 0.5) is 5.69 Å². The van der Waals surface area contributed by atoms with Gasteiger partial charge in [-0.1, -0.05) is 61.7 Å². The average Bonchev–Trinajstić information content (AvgIpc) is 3.01. The van der Waals surface area contributed by atoms with Gasteiger partial charge >= 0.3 is 0 Å². The van der Waals surface area contributed by atoms with Crippen molar-refractivity contribution in [2.24, 2.45) is 0 Å². The number of aromatic nitrogens is 1. The number of hydrogen-bond donors (Lipinski definition) is 1. The van der Waals surface area contributed by atoms with Crippen molar-refractivity contribution < 1.29 is 9.63 Å². The first-order valence-corrected chi connectivity index (χ1v) is 9.83. The number of nitrogens with zero attached hydrogens (tertiary/aromatic N) is 1. The molecule has 1 aromatic heterocycles. The summed E-state index contributed by atoms with van der Waals surface area (Å²) < 4.78 is 1.79. The lowest BCUT2D eigenvalue weighted by Crippen LogP contribution is -2.15. The van der Waals surface area contributed by atoms with Crippen molar-refractivity contribution in [3.8, 4) is 0 Å². The molecule has 0 unspecified atom stereocenters. The SMILES string of the molecule is CCCCCCOn1cc(CC(=O)Nc2ccccc2Cl)c2ccccc21. The van der Waals surface area contributed by atoms with Crippen molar-refractivity contribution >= 4 is 34.1 Å². The fourth-order valence-corrected chi connectivity index (χ4v) is 3.27. The fraction of sp³-hybridized carbons (Fsp3) is 0.318. The Morgan fingerprint density at radius 1 is 1.07 bits per heavy atom. The third-order valence-electron chi connectivity index (χ3n) is 4.49. The zero-order valence-electron chi connectivity index (χ0n) is 15.6. The number of carbonyl (C=O) groups excluding carboxylic acids is 1. The zero-order chi connectivity index (χ0) is 19.1. The van der Waals surface area contributed by atoms with E-state index < -0.39 is 0 Å². The molecule has 27 heavy (non-hydrogen) atoms. The van der Waals surface area contributed by atoms with Gasteiger partial charge in [-0.3, -0.25) is 4.79 Å². The van der Waals surface area contributed by atoms with Gasteiger partial charge in [-0.25, -0.2) is 0 Å². The second-order valence-electron chi connectivity index (χ2n) is 6.60. The van der Waals surface area contributed by atoms with Gasteiger partial charge in [-0.05, 0) is 36.6 Å². The van der Waals surface area contributed by atoms with Crippen LogP contribution >= 0.6 is 11.6 Å². The minimum Gasteiger partial charge on any atom is -0.414 e. The topological polar surface area (TPSA) is 43.3 Å². The molecule has 0 aliphatic heterocycles. The summed E-state index contributed by atoms with van der Waals surface area (Å²) in [6.07, 6.45) is 6.81. The smallest absolute Gasteiger partial charge is 0.228 e. The number of halogens is 1. The molecule has 0 saturated carbocycles. The van der Waals surface area contributed by atoms with E-state index in [0.717, 1.165) is 22.9 Å².